The van der Waals surface area contributed by atoms with Gasteiger partial charge in [0.25, 0.3) is 6.43 Å². The van der Waals surface area contributed by atoms with Gasteiger partial charge in [0.15, 0.2) is 0 Å². The van der Waals surface area contributed by atoms with Crippen LogP contribution in [-0.4, -0.2) is 30.6 Å². The third-order valence-electron chi connectivity index (χ3n) is 4.63. The molecule has 1 aromatic carbocycles. The molecule has 1 aliphatic heterocycles. The zero-order valence-corrected chi connectivity index (χ0v) is 12.4. The third kappa shape index (κ3) is 4.24. The molecule has 2 nitrogen and oxygen atoms in total. The summed E-state index contributed by atoms with van der Waals surface area (Å²) < 4.78 is 25.2. The SMILES string of the molecule is FC(F)c1ccc(CN(CC2CCNCC2)C2CC2)cc1. The quantitative estimate of drug-likeness (QED) is 0.862. The van der Waals surface area contributed by atoms with Gasteiger partial charge in [0.05, 0.1) is 0 Å². The van der Waals surface area contributed by atoms with E-state index in [1.165, 1.54) is 25.7 Å². The van der Waals surface area contributed by atoms with Crippen molar-refractivity contribution in [2.75, 3.05) is 19.6 Å². The summed E-state index contributed by atoms with van der Waals surface area (Å²) in [7, 11) is 0. The molecule has 1 aliphatic carbocycles. The van der Waals surface area contributed by atoms with E-state index in [4.69, 9.17) is 0 Å². The molecule has 1 aromatic rings. The van der Waals surface area contributed by atoms with Gasteiger partial charge in [0.2, 0.25) is 0 Å². The van der Waals surface area contributed by atoms with Crippen LogP contribution in [0.25, 0.3) is 0 Å². The Morgan fingerprint density at radius 2 is 1.71 bits per heavy atom. The Hall–Kier alpha value is -1.00. The van der Waals surface area contributed by atoms with Gasteiger partial charge in [-0.3, -0.25) is 4.90 Å². The molecule has 0 atom stereocenters. The Labute approximate surface area is 125 Å². The Kier molecular flexibility index (Phi) is 4.86. The van der Waals surface area contributed by atoms with E-state index in [-0.39, 0.29) is 5.56 Å². The molecular weight excluding hydrogens is 270 g/mol. The minimum atomic E-state index is -2.37. The molecule has 0 radical (unpaired) electrons. The van der Waals surface area contributed by atoms with E-state index in [1.807, 2.05) is 12.1 Å². The number of nitrogens with one attached hydrogen (secondary N) is 1. The lowest BCUT2D eigenvalue weighted by Crippen LogP contribution is -2.37. The molecule has 0 bridgehead atoms. The van der Waals surface area contributed by atoms with E-state index in [2.05, 4.69) is 10.2 Å². The zero-order valence-electron chi connectivity index (χ0n) is 12.4. The van der Waals surface area contributed by atoms with Crippen LogP contribution in [0.2, 0.25) is 0 Å². The van der Waals surface area contributed by atoms with Gasteiger partial charge in [-0.05, 0) is 50.3 Å². The number of hydrogen-bond acceptors (Lipinski definition) is 2. The number of benzene rings is 1. The van der Waals surface area contributed by atoms with Gasteiger partial charge in [-0.25, -0.2) is 8.78 Å². The number of halogens is 2. The third-order valence-corrected chi connectivity index (χ3v) is 4.63. The number of piperidine rings is 1. The fourth-order valence-corrected chi connectivity index (χ4v) is 3.18. The fourth-order valence-electron chi connectivity index (χ4n) is 3.18. The summed E-state index contributed by atoms with van der Waals surface area (Å²) in [6.07, 6.45) is 2.73. The Balaban J connectivity index is 1.59. The minimum Gasteiger partial charge on any atom is -0.317 e. The molecule has 3 rings (SSSR count). The maximum absolute atomic E-state index is 12.6. The van der Waals surface area contributed by atoms with Gasteiger partial charge in [0, 0.05) is 24.7 Å². The van der Waals surface area contributed by atoms with Crippen molar-refractivity contribution >= 4 is 0 Å². The van der Waals surface area contributed by atoms with Crippen LogP contribution >= 0.6 is 0 Å². The monoisotopic (exact) mass is 294 g/mol. The van der Waals surface area contributed by atoms with Crippen molar-refractivity contribution in [3.63, 3.8) is 0 Å². The van der Waals surface area contributed by atoms with Crippen LogP contribution in [0.15, 0.2) is 24.3 Å². The molecule has 0 unspecified atom stereocenters. The summed E-state index contributed by atoms with van der Waals surface area (Å²) in [5.74, 6) is 0.784. The van der Waals surface area contributed by atoms with Crippen LogP contribution < -0.4 is 5.32 Å². The summed E-state index contributed by atoms with van der Waals surface area (Å²) in [4.78, 5) is 2.56. The van der Waals surface area contributed by atoms with Gasteiger partial charge in [-0.2, -0.15) is 0 Å². The topological polar surface area (TPSA) is 15.3 Å². The maximum Gasteiger partial charge on any atom is 0.263 e. The van der Waals surface area contributed by atoms with Crippen molar-refractivity contribution in [2.24, 2.45) is 5.92 Å². The summed E-state index contributed by atoms with van der Waals surface area (Å²) in [6.45, 7) is 4.32. The molecule has 21 heavy (non-hydrogen) atoms. The predicted octanol–water partition coefficient (Wildman–Crippen LogP) is 3.59. The molecule has 0 amide bonds. The summed E-state index contributed by atoms with van der Waals surface area (Å²) in [5, 5.41) is 3.41. The van der Waals surface area contributed by atoms with Crippen LogP contribution in [0.5, 0.6) is 0 Å². The van der Waals surface area contributed by atoms with Gasteiger partial charge >= 0.3 is 0 Å². The molecule has 2 aliphatic rings. The van der Waals surface area contributed by atoms with Crippen LogP contribution in [0.1, 0.15) is 43.2 Å². The molecular formula is C17H24F2N2. The number of rotatable bonds is 6. The van der Waals surface area contributed by atoms with Crippen LogP contribution in [-0.2, 0) is 6.54 Å². The molecule has 1 heterocycles. The Morgan fingerprint density at radius 1 is 1.05 bits per heavy atom. The van der Waals surface area contributed by atoms with Gasteiger partial charge in [0.1, 0.15) is 0 Å². The van der Waals surface area contributed by atoms with Crippen molar-refractivity contribution in [3.8, 4) is 0 Å². The van der Waals surface area contributed by atoms with Gasteiger partial charge in [-0.1, -0.05) is 24.3 Å². The van der Waals surface area contributed by atoms with Crippen LogP contribution in [0, 0.1) is 5.92 Å². The largest absolute Gasteiger partial charge is 0.317 e. The molecule has 0 spiro atoms. The maximum atomic E-state index is 12.6. The highest BCUT2D eigenvalue weighted by Gasteiger charge is 2.30. The molecule has 116 valence electrons. The Morgan fingerprint density at radius 3 is 2.29 bits per heavy atom. The lowest BCUT2D eigenvalue weighted by molar-refractivity contribution is 0.151. The van der Waals surface area contributed by atoms with Crippen LogP contribution in [0.3, 0.4) is 0 Å². The highest BCUT2D eigenvalue weighted by atomic mass is 19.3. The lowest BCUT2D eigenvalue weighted by atomic mass is 9.97. The van der Waals surface area contributed by atoms with Crippen molar-refractivity contribution in [3.05, 3.63) is 35.4 Å². The van der Waals surface area contributed by atoms with E-state index in [0.29, 0.717) is 0 Å². The highest BCUT2D eigenvalue weighted by Crippen LogP contribution is 2.30. The first kappa shape index (κ1) is 14.9. The smallest absolute Gasteiger partial charge is 0.263 e. The van der Waals surface area contributed by atoms with Crippen molar-refractivity contribution in [1.29, 1.82) is 0 Å². The van der Waals surface area contributed by atoms with E-state index in [9.17, 15) is 8.78 Å². The second kappa shape index (κ2) is 6.84. The highest BCUT2D eigenvalue weighted by molar-refractivity contribution is 5.23. The fraction of sp³-hybridized carbons (Fsp3) is 0.647. The summed E-state index contributed by atoms with van der Waals surface area (Å²) in [6, 6.07) is 7.57. The average molecular weight is 294 g/mol. The standard InChI is InChI=1S/C17H24F2N2/c18-17(19)15-3-1-13(2-4-15)11-21(16-5-6-16)12-14-7-9-20-10-8-14/h1-4,14,16-17,20H,5-12H2. The summed E-state index contributed by atoms with van der Waals surface area (Å²) >= 11 is 0. The molecule has 1 N–H and O–H groups in total. The number of alkyl halides is 2. The van der Waals surface area contributed by atoms with Gasteiger partial charge in [-0.15, -0.1) is 0 Å². The lowest BCUT2D eigenvalue weighted by Gasteiger charge is -2.30. The first-order valence-electron chi connectivity index (χ1n) is 8.04. The molecule has 1 saturated carbocycles. The van der Waals surface area contributed by atoms with E-state index >= 15 is 0 Å². The molecule has 2 fully saturated rings. The molecule has 1 saturated heterocycles. The van der Waals surface area contributed by atoms with Crippen molar-refractivity contribution < 1.29 is 8.78 Å². The normalized spacial score (nSPS) is 20.4. The molecule has 4 heteroatoms. The first-order valence-corrected chi connectivity index (χ1v) is 8.04. The summed E-state index contributed by atoms with van der Waals surface area (Å²) in [5.41, 5.74) is 1.27. The Bertz CT molecular complexity index is 437. The van der Waals surface area contributed by atoms with E-state index in [1.54, 1.807) is 12.1 Å². The van der Waals surface area contributed by atoms with Crippen LogP contribution in [0.4, 0.5) is 8.78 Å². The predicted molar refractivity (Wildman–Crippen MR) is 80.4 cm³/mol. The first-order chi connectivity index (χ1) is 10.2. The van der Waals surface area contributed by atoms with Gasteiger partial charge < -0.3 is 5.32 Å². The van der Waals surface area contributed by atoms with E-state index in [0.717, 1.165) is 43.7 Å². The number of nitrogens with zero attached hydrogens (tertiary/aromatic N) is 1. The van der Waals surface area contributed by atoms with Crippen molar-refractivity contribution in [1.82, 2.24) is 10.2 Å². The zero-order chi connectivity index (χ0) is 14.7. The molecule has 0 aromatic heterocycles. The number of hydrogen-bond donors (Lipinski definition) is 1. The second-order valence-corrected chi connectivity index (χ2v) is 6.40. The average Bonchev–Trinajstić information content (AvgIpc) is 3.33. The second-order valence-electron chi connectivity index (χ2n) is 6.40. The minimum absolute atomic E-state index is 0.120. The van der Waals surface area contributed by atoms with E-state index < -0.39 is 6.43 Å². The van der Waals surface area contributed by atoms with Crippen molar-refractivity contribution in [2.45, 2.75) is 44.7 Å².